The van der Waals surface area contributed by atoms with E-state index in [9.17, 15) is 19.7 Å². The largest absolute Gasteiger partial charge is 0.460 e. The Kier molecular flexibility index (Phi) is 8.27. The van der Waals surface area contributed by atoms with Crippen molar-refractivity contribution in [3.05, 3.63) is 34.4 Å². The highest BCUT2D eigenvalue weighted by molar-refractivity contribution is 7.80. The maximum Gasteiger partial charge on any atom is 0.309 e. The normalized spacial score (nSPS) is 18.4. The highest BCUT2D eigenvalue weighted by Crippen LogP contribution is 2.24. The molecule has 9 nitrogen and oxygen atoms in total. The number of esters is 1. The van der Waals surface area contributed by atoms with Gasteiger partial charge in [0.15, 0.2) is 5.11 Å². The molecule has 0 bridgehead atoms. The molecule has 1 heterocycles. The van der Waals surface area contributed by atoms with Crippen molar-refractivity contribution in [2.45, 2.75) is 38.7 Å². The molecule has 1 aromatic carbocycles. The van der Waals surface area contributed by atoms with Crippen LogP contribution < -0.4 is 10.6 Å². The number of anilines is 1. The number of cyclic esters (lactones) is 1. The highest BCUT2D eigenvalue weighted by Gasteiger charge is 2.35. The molecule has 2 N–H and O–H groups in total. The number of nitrogens with zero attached hydrogens (tertiary/aromatic N) is 1. The van der Waals surface area contributed by atoms with Crippen molar-refractivity contribution in [1.29, 1.82) is 0 Å². The van der Waals surface area contributed by atoms with E-state index in [2.05, 4.69) is 17.6 Å². The molecule has 1 saturated heterocycles. The number of non-ortho nitro benzene ring substituents is 1. The maximum atomic E-state index is 12.1. The van der Waals surface area contributed by atoms with Gasteiger partial charge in [0.05, 0.1) is 17.4 Å². The van der Waals surface area contributed by atoms with Crippen LogP contribution in [0, 0.1) is 16.0 Å². The number of hydrogen-bond acceptors (Lipinski definition) is 7. The van der Waals surface area contributed by atoms with Gasteiger partial charge in [-0.3, -0.25) is 19.7 Å². The number of carbonyl (C=O) groups is 2. The second kappa shape index (κ2) is 10.7. The Balaban J connectivity index is 1.74. The van der Waals surface area contributed by atoms with Gasteiger partial charge in [-0.25, -0.2) is 0 Å². The molecule has 0 spiro atoms. The van der Waals surface area contributed by atoms with Crippen LogP contribution in [0.15, 0.2) is 24.3 Å². The van der Waals surface area contributed by atoms with Crippen LogP contribution in [-0.2, 0) is 19.1 Å². The Labute approximate surface area is 167 Å². The second-order valence-electron chi connectivity index (χ2n) is 6.43. The minimum Gasteiger partial charge on any atom is -0.460 e. The molecule has 0 unspecified atom stereocenters. The van der Waals surface area contributed by atoms with Crippen LogP contribution >= 0.6 is 12.2 Å². The SMILES string of the molecule is CCCCOC[C@H]1C[C@@H](CC(=O)NC(=S)Nc2ccc([N+](=O)[O-])cc2)C(=O)O1. The minimum atomic E-state index is -0.526. The van der Waals surface area contributed by atoms with E-state index in [0.29, 0.717) is 25.3 Å². The average Bonchev–Trinajstić information content (AvgIpc) is 2.98. The molecular formula is C18H23N3O6S. The third-order valence-electron chi connectivity index (χ3n) is 4.13. The van der Waals surface area contributed by atoms with Crippen molar-refractivity contribution in [1.82, 2.24) is 5.32 Å². The van der Waals surface area contributed by atoms with Gasteiger partial charge >= 0.3 is 5.97 Å². The van der Waals surface area contributed by atoms with Crippen molar-refractivity contribution in [2.75, 3.05) is 18.5 Å². The van der Waals surface area contributed by atoms with Gasteiger partial charge in [0.2, 0.25) is 5.91 Å². The van der Waals surface area contributed by atoms with Gasteiger partial charge in [0.1, 0.15) is 6.10 Å². The summed E-state index contributed by atoms with van der Waals surface area (Å²) in [6.45, 7) is 3.02. The average molecular weight is 409 g/mol. The Morgan fingerprint density at radius 2 is 2.11 bits per heavy atom. The van der Waals surface area contributed by atoms with Gasteiger partial charge < -0.3 is 20.1 Å². The highest BCUT2D eigenvalue weighted by atomic mass is 32.1. The van der Waals surface area contributed by atoms with Gasteiger partial charge in [0.25, 0.3) is 5.69 Å². The first kappa shape index (κ1) is 21.7. The monoisotopic (exact) mass is 409 g/mol. The van der Waals surface area contributed by atoms with Gasteiger partial charge in [-0.1, -0.05) is 13.3 Å². The summed E-state index contributed by atoms with van der Waals surface area (Å²) in [6, 6.07) is 5.61. The number of carbonyl (C=O) groups excluding carboxylic acids is 2. The Hall–Kier alpha value is -2.59. The molecule has 0 saturated carbocycles. The van der Waals surface area contributed by atoms with Gasteiger partial charge in [-0.2, -0.15) is 0 Å². The molecule has 1 fully saturated rings. The lowest BCUT2D eigenvalue weighted by Crippen LogP contribution is -2.35. The number of benzene rings is 1. The topological polar surface area (TPSA) is 120 Å². The fourth-order valence-corrected chi connectivity index (χ4v) is 2.91. The second-order valence-corrected chi connectivity index (χ2v) is 6.84. The van der Waals surface area contributed by atoms with Crippen molar-refractivity contribution in [3.63, 3.8) is 0 Å². The van der Waals surface area contributed by atoms with E-state index >= 15 is 0 Å². The fourth-order valence-electron chi connectivity index (χ4n) is 2.68. The predicted molar refractivity (Wildman–Crippen MR) is 106 cm³/mol. The Morgan fingerprint density at radius 1 is 1.39 bits per heavy atom. The zero-order valence-electron chi connectivity index (χ0n) is 15.5. The van der Waals surface area contributed by atoms with Crippen molar-refractivity contribution in [3.8, 4) is 0 Å². The standard InChI is InChI=1S/C18H23N3O6S/c1-2-3-8-26-11-15-9-12(17(23)27-15)10-16(22)20-18(28)19-13-4-6-14(7-5-13)21(24)25/h4-7,12,15H,2-3,8-11H2,1H3,(H2,19,20,22,28)/t12-,15+/m0/s1. The predicted octanol–water partition coefficient (Wildman–Crippen LogP) is 2.55. The van der Waals surface area contributed by atoms with Crippen LogP contribution in [0.25, 0.3) is 0 Å². The number of amides is 1. The van der Waals surface area contributed by atoms with E-state index in [-0.39, 0.29) is 23.3 Å². The molecule has 2 atom stereocenters. The van der Waals surface area contributed by atoms with Crippen molar-refractivity contribution in [2.24, 2.45) is 5.92 Å². The van der Waals surface area contributed by atoms with Crippen LogP contribution in [0.5, 0.6) is 0 Å². The fraction of sp³-hybridized carbons (Fsp3) is 0.500. The van der Waals surface area contributed by atoms with E-state index < -0.39 is 22.7 Å². The van der Waals surface area contributed by atoms with E-state index in [0.717, 1.165) is 12.8 Å². The van der Waals surface area contributed by atoms with E-state index in [4.69, 9.17) is 21.7 Å². The van der Waals surface area contributed by atoms with Crippen molar-refractivity contribution >= 4 is 40.6 Å². The summed E-state index contributed by atoms with van der Waals surface area (Å²) >= 11 is 5.06. The first-order valence-electron chi connectivity index (χ1n) is 9.02. The van der Waals surface area contributed by atoms with E-state index in [1.807, 2.05) is 0 Å². The summed E-state index contributed by atoms with van der Waals surface area (Å²) < 4.78 is 10.7. The summed E-state index contributed by atoms with van der Waals surface area (Å²) in [5.74, 6) is -1.34. The Morgan fingerprint density at radius 3 is 2.75 bits per heavy atom. The molecule has 10 heteroatoms. The number of thiocarbonyl (C=S) groups is 1. The van der Waals surface area contributed by atoms with Gasteiger partial charge in [-0.05, 0) is 30.8 Å². The molecule has 152 valence electrons. The Bertz CT molecular complexity index is 725. The maximum absolute atomic E-state index is 12.1. The number of ether oxygens (including phenoxy) is 2. The van der Waals surface area contributed by atoms with Crippen LogP contribution in [-0.4, -0.2) is 41.2 Å². The lowest BCUT2D eigenvalue weighted by atomic mass is 10.0. The molecule has 0 radical (unpaired) electrons. The first-order chi connectivity index (χ1) is 13.4. The molecule has 0 aromatic heterocycles. The number of hydrogen-bond donors (Lipinski definition) is 2. The van der Waals surface area contributed by atoms with E-state index in [1.54, 1.807) is 0 Å². The quantitative estimate of drug-likeness (QED) is 0.210. The van der Waals surface area contributed by atoms with Crippen LogP contribution in [0.1, 0.15) is 32.6 Å². The molecule has 28 heavy (non-hydrogen) atoms. The van der Waals surface area contributed by atoms with Crippen LogP contribution in [0.2, 0.25) is 0 Å². The lowest BCUT2D eigenvalue weighted by Gasteiger charge is -2.11. The summed E-state index contributed by atoms with van der Waals surface area (Å²) in [4.78, 5) is 34.2. The number of unbranched alkanes of at least 4 members (excludes halogenated alkanes) is 1. The van der Waals surface area contributed by atoms with Gasteiger partial charge in [0, 0.05) is 37.3 Å². The molecule has 1 aliphatic heterocycles. The van der Waals surface area contributed by atoms with Crippen LogP contribution in [0.4, 0.5) is 11.4 Å². The summed E-state index contributed by atoms with van der Waals surface area (Å²) in [6.07, 6.45) is 2.05. The van der Waals surface area contributed by atoms with E-state index in [1.165, 1.54) is 24.3 Å². The van der Waals surface area contributed by atoms with Crippen LogP contribution in [0.3, 0.4) is 0 Å². The van der Waals surface area contributed by atoms with Crippen molar-refractivity contribution < 1.29 is 24.0 Å². The lowest BCUT2D eigenvalue weighted by molar-refractivity contribution is -0.384. The minimum absolute atomic E-state index is 0.0353. The zero-order chi connectivity index (χ0) is 20.5. The number of rotatable bonds is 9. The molecule has 1 aliphatic rings. The molecular weight excluding hydrogens is 386 g/mol. The number of nitrogens with one attached hydrogen (secondary N) is 2. The zero-order valence-corrected chi connectivity index (χ0v) is 16.3. The summed E-state index contributed by atoms with van der Waals surface area (Å²) in [5, 5.41) is 15.9. The third kappa shape index (κ3) is 6.86. The molecule has 1 amide bonds. The van der Waals surface area contributed by atoms with Gasteiger partial charge in [-0.15, -0.1) is 0 Å². The smallest absolute Gasteiger partial charge is 0.309 e. The molecule has 1 aromatic rings. The first-order valence-corrected chi connectivity index (χ1v) is 9.43. The summed E-state index contributed by atoms with van der Waals surface area (Å²) in [5.41, 5.74) is 0.453. The molecule has 2 rings (SSSR count). The number of nitro groups is 1. The number of nitro benzene ring substituents is 1. The molecule has 0 aliphatic carbocycles. The summed E-state index contributed by atoms with van der Waals surface area (Å²) in [7, 11) is 0. The third-order valence-corrected chi connectivity index (χ3v) is 4.33.